The average Bonchev–Trinajstić information content (AvgIpc) is 2.67. The minimum absolute atomic E-state index is 0.0155. The average molecular weight is 246 g/mol. The molecule has 0 spiro atoms. The Morgan fingerprint density at radius 1 is 1.53 bits per heavy atom. The summed E-state index contributed by atoms with van der Waals surface area (Å²) >= 11 is 5.94. The first kappa shape index (κ1) is 10.3. The number of thiocarbonyl (C=S) groups is 1. The van der Waals surface area contributed by atoms with Crippen LogP contribution in [0.3, 0.4) is 0 Å². The minimum Gasteiger partial charge on any atom is -0.364 e. The summed E-state index contributed by atoms with van der Waals surface area (Å²) in [5.41, 5.74) is 0. The number of nitrogens with zero attached hydrogens (tertiary/aromatic N) is 2. The summed E-state index contributed by atoms with van der Waals surface area (Å²) in [6, 6.07) is 0. The van der Waals surface area contributed by atoms with Crippen LogP contribution in [0.1, 0.15) is 0 Å². The maximum Gasteiger partial charge on any atom is 0.278 e. The van der Waals surface area contributed by atoms with Crippen LogP contribution < -0.4 is 10.6 Å². The van der Waals surface area contributed by atoms with Crippen LogP contribution in [-0.4, -0.2) is 44.2 Å². The Labute approximate surface area is 93.9 Å². The molecule has 15 heavy (non-hydrogen) atoms. The highest BCUT2D eigenvalue weighted by molar-refractivity contribution is 8.15. The molecule has 9 heteroatoms. The normalized spacial score (nSPS) is 28.6. The summed E-state index contributed by atoms with van der Waals surface area (Å²) in [4.78, 5) is 21.8. The van der Waals surface area contributed by atoms with Gasteiger partial charge in [0.25, 0.3) is 5.91 Å². The number of thioether (sulfide) groups is 1. The number of aliphatic hydroxyl groups is 1. The molecule has 7 nitrogen and oxygen atoms in total. The predicted molar refractivity (Wildman–Crippen MR) is 56.6 cm³/mol. The van der Waals surface area contributed by atoms with Crippen LogP contribution in [0.4, 0.5) is 0 Å². The number of hydrazone groups is 1. The summed E-state index contributed by atoms with van der Waals surface area (Å²) < 4.78 is 0. The van der Waals surface area contributed by atoms with E-state index in [9.17, 15) is 14.7 Å². The number of nitrogens with one attached hydrogen (secondary N) is 2. The molecule has 0 bridgehead atoms. The molecule has 1 unspecified atom stereocenters. The number of hydrogen-bond donors (Lipinski definition) is 3. The Morgan fingerprint density at radius 2 is 2.27 bits per heavy atom. The first-order valence-corrected chi connectivity index (χ1v) is 5.30. The van der Waals surface area contributed by atoms with E-state index in [4.69, 9.17) is 12.2 Å². The largest absolute Gasteiger partial charge is 0.364 e. The molecule has 0 aliphatic carbocycles. The van der Waals surface area contributed by atoms with Crippen molar-refractivity contribution in [1.29, 1.82) is 0 Å². The molecule has 0 aromatic rings. The van der Waals surface area contributed by atoms with Gasteiger partial charge >= 0.3 is 0 Å². The van der Waals surface area contributed by atoms with Crippen LogP contribution >= 0.6 is 24.0 Å². The van der Waals surface area contributed by atoms with Gasteiger partial charge in [0.2, 0.25) is 12.1 Å². The molecule has 0 saturated carbocycles. The lowest BCUT2D eigenvalue weighted by Crippen LogP contribution is -2.32. The van der Waals surface area contributed by atoms with Crippen molar-refractivity contribution in [1.82, 2.24) is 15.6 Å². The molecule has 80 valence electrons. The number of carbonyl (C=O) groups is 2. The van der Waals surface area contributed by atoms with Crippen molar-refractivity contribution in [2.24, 2.45) is 5.10 Å². The van der Waals surface area contributed by atoms with Gasteiger partial charge in [-0.3, -0.25) is 14.9 Å². The van der Waals surface area contributed by atoms with Crippen LogP contribution in [0.15, 0.2) is 5.10 Å². The molecule has 2 amide bonds. The second-order valence-corrected chi connectivity index (χ2v) is 4.11. The Hall–Kier alpha value is -1.19. The topological polar surface area (TPSA) is 94.0 Å². The summed E-state index contributed by atoms with van der Waals surface area (Å²) in [5, 5.41) is 19.2. The van der Waals surface area contributed by atoms with Crippen LogP contribution in [0.25, 0.3) is 0 Å². The Bertz CT molecular complexity index is 383. The van der Waals surface area contributed by atoms with Crippen molar-refractivity contribution in [3.63, 3.8) is 0 Å². The molecule has 1 atom stereocenters. The van der Waals surface area contributed by atoms with Gasteiger partial charge in [-0.25, -0.2) is 0 Å². The molecule has 0 aromatic carbocycles. The molecule has 3 N–H and O–H groups in total. The highest BCUT2D eigenvalue weighted by Gasteiger charge is 2.35. The Kier molecular flexibility index (Phi) is 2.59. The smallest absolute Gasteiger partial charge is 0.278 e. The second kappa shape index (κ2) is 3.76. The van der Waals surface area contributed by atoms with Crippen LogP contribution in [0.2, 0.25) is 0 Å². The number of amides is 2. The first-order chi connectivity index (χ1) is 7.08. The van der Waals surface area contributed by atoms with E-state index in [1.807, 2.05) is 0 Å². The van der Waals surface area contributed by atoms with E-state index in [1.54, 1.807) is 0 Å². The third-order valence-electron chi connectivity index (χ3n) is 1.69. The van der Waals surface area contributed by atoms with E-state index >= 15 is 0 Å². The fraction of sp³-hybridized carbons (Fsp3) is 0.333. The highest BCUT2D eigenvalue weighted by atomic mass is 32.2. The zero-order valence-corrected chi connectivity index (χ0v) is 8.89. The van der Waals surface area contributed by atoms with Crippen molar-refractivity contribution >= 4 is 46.1 Å². The van der Waals surface area contributed by atoms with Gasteiger partial charge in [0.1, 0.15) is 0 Å². The Morgan fingerprint density at radius 3 is 2.73 bits per heavy atom. The van der Waals surface area contributed by atoms with Gasteiger partial charge in [0.05, 0.1) is 5.75 Å². The maximum absolute atomic E-state index is 11.0. The van der Waals surface area contributed by atoms with E-state index in [-0.39, 0.29) is 16.8 Å². The number of hydrogen-bond acceptors (Lipinski definition) is 6. The third kappa shape index (κ3) is 1.94. The summed E-state index contributed by atoms with van der Waals surface area (Å²) in [7, 11) is 0. The van der Waals surface area contributed by atoms with E-state index in [0.29, 0.717) is 5.17 Å². The lowest BCUT2D eigenvalue weighted by atomic mass is 10.6. The SMILES string of the molecule is O=C1CSC(=NN2C(=S)NC(=O)C2O)N1. The van der Waals surface area contributed by atoms with Crippen molar-refractivity contribution in [3.05, 3.63) is 0 Å². The quantitative estimate of drug-likeness (QED) is 0.471. The second-order valence-electron chi connectivity index (χ2n) is 2.75. The van der Waals surface area contributed by atoms with E-state index in [1.165, 1.54) is 11.8 Å². The van der Waals surface area contributed by atoms with Crippen LogP contribution in [0.5, 0.6) is 0 Å². The lowest BCUT2D eigenvalue weighted by Gasteiger charge is -2.12. The zero-order chi connectivity index (χ0) is 11.0. The molecular formula is C6H6N4O3S2. The lowest BCUT2D eigenvalue weighted by molar-refractivity contribution is -0.130. The van der Waals surface area contributed by atoms with Crippen LogP contribution in [-0.2, 0) is 9.59 Å². The van der Waals surface area contributed by atoms with Gasteiger partial charge < -0.3 is 10.4 Å². The van der Waals surface area contributed by atoms with Crippen molar-refractivity contribution in [2.75, 3.05) is 5.75 Å². The fourth-order valence-electron chi connectivity index (χ4n) is 1.03. The van der Waals surface area contributed by atoms with Gasteiger partial charge in [-0.05, 0) is 12.2 Å². The van der Waals surface area contributed by atoms with Crippen LogP contribution in [0, 0.1) is 0 Å². The van der Waals surface area contributed by atoms with Gasteiger partial charge in [0.15, 0.2) is 10.3 Å². The molecule has 2 fully saturated rings. The van der Waals surface area contributed by atoms with Gasteiger partial charge in [-0.2, -0.15) is 5.01 Å². The molecule has 2 heterocycles. The number of amidine groups is 1. The molecule has 2 aliphatic rings. The summed E-state index contributed by atoms with van der Waals surface area (Å²) in [5.74, 6) is -0.520. The van der Waals surface area contributed by atoms with Gasteiger partial charge in [0, 0.05) is 0 Å². The zero-order valence-electron chi connectivity index (χ0n) is 7.26. The highest BCUT2D eigenvalue weighted by Crippen LogP contribution is 2.13. The summed E-state index contributed by atoms with van der Waals surface area (Å²) in [6.07, 6.45) is -1.43. The molecule has 2 aliphatic heterocycles. The predicted octanol–water partition coefficient (Wildman–Crippen LogP) is -1.84. The van der Waals surface area contributed by atoms with E-state index in [0.717, 1.165) is 5.01 Å². The molecule has 2 saturated heterocycles. The standard InChI is InChI=1S/C6H6N4O3S2/c11-2-1-15-5(7-2)9-10-4(13)3(12)8-6(10)14/h4,13H,1H2,(H,7,9,11)(H,8,12,14). The number of aliphatic hydroxyl groups excluding tert-OH is 1. The number of carbonyl (C=O) groups excluding carboxylic acids is 2. The van der Waals surface area contributed by atoms with Crippen molar-refractivity contribution in [3.8, 4) is 0 Å². The molecule has 2 rings (SSSR count). The van der Waals surface area contributed by atoms with Gasteiger partial charge in [-0.15, -0.1) is 5.10 Å². The first-order valence-electron chi connectivity index (χ1n) is 3.91. The maximum atomic E-state index is 11.0. The Balaban J connectivity index is 2.15. The molecular weight excluding hydrogens is 240 g/mol. The fourth-order valence-corrected chi connectivity index (χ4v) is 1.94. The molecule has 0 aromatic heterocycles. The van der Waals surface area contributed by atoms with Crippen molar-refractivity contribution < 1.29 is 14.7 Å². The summed E-state index contributed by atoms with van der Waals surface area (Å²) in [6.45, 7) is 0. The van der Waals surface area contributed by atoms with Crippen molar-refractivity contribution in [2.45, 2.75) is 6.23 Å². The third-order valence-corrected chi connectivity index (χ3v) is 2.84. The van der Waals surface area contributed by atoms with Gasteiger partial charge in [-0.1, -0.05) is 11.8 Å². The van der Waals surface area contributed by atoms with E-state index in [2.05, 4.69) is 15.7 Å². The molecule has 0 radical (unpaired) electrons. The van der Waals surface area contributed by atoms with E-state index < -0.39 is 12.1 Å². The number of rotatable bonds is 1. The minimum atomic E-state index is -1.43. The monoisotopic (exact) mass is 246 g/mol.